The molecular weight excluding hydrogens is 572 g/mol. The Kier molecular flexibility index (Phi) is 7.81. The number of fused-ring (bicyclic) bond motifs is 1. The van der Waals surface area contributed by atoms with Gasteiger partial charge in [0.15, 0.2) is 23.1 Å². The number of hydrogen-bond donors (Lipinski definition) is 2. The van der Waals surface area contributed by atoms with Crippen LogP contribution < -0.4 is 24.8 Å². The molecule has 1 aromatic heterocycles. The lowest BCUT2D eigenvalue weighted by atomic mass is 10.1. The van der Waals surface area contributed by atoms with Crippen LogP contribution in [-0.2, 0) is 14.3 Å². The number of nitrogens with one attached hydrogen (secondary N) is 2. The van der Waals surface area contributed by atoms with E-state index >= 15 is 4.39 Å². The number of halogens is 2. The molecule has 2 amide bonds. The first-order chi connectivity index (χ1) is 21.1. The molecular formula is C33H31F2N3O6. The molecule has 0 spiro atoms. The van der Waals surface area contributed by atoms with Crippen LogP contribution in [0.4, 0.5) is 20.2 Å². The maximum atomic E-state index is 15.3. The van der Waals surface area contributed by atoms with Crippen molar-refractivity contribution in [3.05, 3.63) is 78.5 Å². The number of rotatable bonds is 9. The Morgan fingerprint density at radius 1 is 0.886 bits per heavy atom. The van der Waals surface area contributed by atoms with Gasteiger partial charge in [-0.05, 0) is 53.9 Å². The van der Waals surface area contributed by atoms with Crippen molar-refractivity contribution in [2.45, 2.75) is 26.4 Å². The Morgan fingerprint density at radius 2 is 1.59 bits per heavy atom. The number of nitrogens with zero attached hydrogens (tertiary/aromatic N) is 1. The maximum Gasteiger partial charge on any atom is 0.228 e. The molecule has 1 aliphatic heterocycles. The first-order valence-electron chi connectivity index (χ1n) is 14.2. The minimum Gasteiger partial charge on any atom is -0.493 e. The zero-order valence-corrected chi connectivity index (χ0v) is 24.4. The predicted molar refractivity (Wildman–Crippen MR) is 159 cm³/mol. The normalized spacial score (nSPS) is 20.2. The SMILES string of the molecule is COc1cc2nccc(Oc3ccc(NC(=O)[C@H]4[C@@H](C(=O)Nc5ccc(F)cc5)C4(C)C)cc3F)c2cc1O[C@@H]1CCOC1. The number of methoxy groups -OCH3 is 1. The second kappa shape index (κ2) is 11.7. The predicted octanol–water partition coefficient (Wildman–Crippen LogP) is 6.33. The van der Waals surface area contributed by atoms with Gasteiger partial charge in [-0.2, -0.15) is 0 Å². The third-order valence-corrected chi connectivity index (χ3v) is 8.09. The average molecular weight is 604 g/mol. The highest BCUT2D eigenvalue weighted by Gasteiger charge is 2.65. The number of amides is 2. The van der Waals surface area contributed by atoms with Gasteiger partial charge in [0, 0.05) is 41.5 Å². The molecule has 3 atom stereocenters. The molecule has 0 unspecified atom stereocenters. The van der Waals surface area contributed by atoms with Crippen LogP contribution in [0, 0.1) is 28.9 Å². The molecule has 11 heteroatoms. The number of aromatic nitrogens is 1. The van der Waals surface area contributed by atoms with Gasteiger partial charge >= 0.3 is 0 Å². The Bertz CT molecular complexity index is 1720. The van der Waals surface area contributed by atoms with Crippen LogP contribution >= 0.6 is 0 Å². The van der Waals surface area contributed by atoms with Crippen LogP contribution in [0.2, 0.25) is 0 Å². The van der Waals surface area contributed by atoms with E-state index in [9.17, 15) is 14.0 Å². The van der Waals surface area contributed by atoms with Crippen molar-refractivity contribution in [1.29, 1.82) is 0 Å². The van der Waals surface area contributed by atoms with Crippen molar-refractivity contribution in [2.75, 3.05) is 31.0 Å². The van der Waals surface area contributed by atoms with Crippen molar-refractivity contribution in [3.63, 3.8) is 0 Å². The molecule has 1 saturated heterocycles. The molecule has 6 rings (SSSR count). The van der Waals surface area contributed by atoms with E-state index in [-0.39, 0.29) is 23.4 Å². The molecule has 44 heavy (non-hydrogen) atoms. The van der Waals surface area contributed by atoms with E-state index in [1.165, 1.54) is 36.4 Å². The average Bonchev–Trinajstić information content (AvgIpc) is 3.28. The molecule has 1 aliphatic carbocycles. The first kappa shape index (κ1) is 29.3. The van der Waals surface area contributed by atoms with Crippen LogP contribution in [0.3, 0.4) is 0 Å². The zero-order valence-electron chi connectivity index (χ0n) is 24.4. The topological polar surface area (TPSA) is 108 Å². The summed E-state index contributed by atoms with van der Waals surface area (Å²) in [5.41, 5.74) is 0.612. The minimum atomic E-state index is -0.693. The monoisotopic (exact) mass is 603 g/mol. The molecule has 3 aromatic carbocycles. The summed E-state index contributed by atoms with van der Waals surface area (Å²) in [7, 11) is 1.54. The summed E-state index contributed by atoms with van der Waals surface area (Å²) >= 11 is 0. The summed E-state index contributed by atoms with van der Waals surface area (Å²) in [6, 6.07) is 14.6. The van der Waals surface area contributed by atoms with Crippen LogP contribution in [-0.4, -0.2) is 43.2 Å². The van der Waals surface area contributed by atoms with Crippen molar-refractivity contribution in [3.8, 4) is 23.0 Å². The number of anilines is 2. The van der Waals surface area contributed by atoms with E-state index in [4.69, 9.17) is 18.9 Å². The van der Waals surface area contributed by atoms with E-state index in [1.807, 2.05) is 13.8 Å². The number of carbonyl (C=O) groups is 2. The number of benzene rings is 3. The molecule has 0 bridgehead atoms. The molecule has 228 valence electrons. The van der Waals surface area contributed by atoms with Crippen LogP contribution in [0.5, 0.6) is 23.0 Å². The smallest absolute Gasteiger partial charge is 0.228 e. The summed E-state index contributed by atoms with van der Waals surface area (Å²) in [5, 5.41) is 6.04. The molecule has 2 heterocycles. The standard InChI is InChI=1S/C33H31F2N3O6/c1-33(2)29(31(39)37-19-6-4-18(34)5-7-19)30(33)32(40)38-20-8-9-26(23(35)14-20)44-25-10-12-36-24-16-27(41-3)28(15-22(24)25)43-21-11-13-42-17-21/h4-10,12,14-16,21,29-30H,11,13,17H2,1-3H3,(H,37,39)(H,38,40)/t21-,29+,30-/m1/s1. The second-order valence-corrected chi connectivity index (χ2v) is 11.4. The van der Waals surface area contributed by atoms with E-state index in [1.54, 1.807) is 31.5 Å². The largest absolute Gasteiger partial charge is 0.493 e. The van der Waals surface area contributed by atoms with Crippen molar-refractivity contribution in [1.82, 2.24) is 4.98 Å². The lowest BCUT2D eigenvalue weighted by Gasteiger charge is -2.17. The highest BCUT2D eigenvalue weighted by atomic mass is 19.1. The van der Waals surface area contributed by atoms with Gasteiger partial charge in [-0.1, -0.05) is 13.8 Å². The molecule has 9 nitrogen and oxygen atoms in total. The molecule has 0 radical (unpaired) electrons. The van der Waals surface area contributed by atoms with Gasteiger partial charge in [0.25, 0.3) is 0 Å². The quantitative estimate of drug-likeness (QED) is 0.230. The van der Waals surface area contributed by atoms with E-state index in [2.05, 4.69) is 15.6 Å². The van der Waals surface area contributed by atoms with Crippen LogP contribution in [0.25, 0.3) is 10.9 Å². The van der Waals surface area contributed by atoms with Crippen molar-refractivity contribution in [2.24, 2.45) is 17.3 Å². The summed E-state index contributed by atoms with van der Waals surface area (Å²) in [6.45, 7) is 4.73. The van der Waals surface area contributed by atoms with Gasteiger partial charge in [0.2, 0.25) is 11.8 Å². The van der Waals surface area contributed by atoms with Crippen LogP contribution in [0.15, 0.2) is 66.9 Å². The first-order valence-corrected chi connectivity index (χ1v) is 14.2. The number of pyridine rings is 1. The lowest BCUT2D eigenvalue weighted by Crippen LogP contribution is -2.20. The van der Waals surface area contributed by atoms with Gasteiger partial charge in [0.1, 0.15) is 17.7 Å². The van der Waals surface area contributed by atoms with Crippen molar-refractivity contribution < 1.29 is 37.3 Å². The fourth-order valence-corrected chi connectivity index (χ4v) is 5.62. The third-order valence-electron chi connectivity index (χ3n) is 8.09. The molecule has 2 aliphatic rings. The van der Waals surface area contributed by atoms with Gasteiger partial charge in [-0.25, -0.2) is 8.78 Å². The summed E-state index contributed by atoms with van der Waals surface area (Å²) < 4.78 is 51.4. The van der Waals surface area contributed by atoms with Gasteiger partial charge in [-0.3, -0.25) is 14.6 Å². The second-order valence-electron chi connectivity index (χ2n) is 11.4. The Balaban J connectivity index is 1.15. The molecule has 1 saturated carbocycles. The van der Waals surface area contributed by atoms with Gasteiger partial charge in [-0.15, -0.1) is 0 Å². The van der Waals surface area contributed by atoms with Crippen molar-refractivity contribution >= 4 is 34.1 Å². The molecule has 2 N–H and O–H groups in total. The summed E-state index contributed by atoms with van der Waals surface area (Å²) in [5.74, 6) is -1.78. The zero-order chi connectivity index (χ0) is 31.0. The summed E-state index contributed by atoms with van der Waals surface area (Å²) in [4.78, 5) is 30.4. The highest BCUT2D eigenvalue weighted by molar-refractivity contribution is 6.04. The Labute approximate surface area is 252 Å². The fourth-order valence-electron chi connectivity index (χ4n) is 5.62. The fraction of sp³-hybridized carbons (Fsp3) is 0.303. The lowest BCUT2D eigenvalue weighted by molar-refractivity contribution is -0.122. The van der Waals surface area contributed by atoms with Gasteiger partial charge in [0.05, 0.1) is 37.7 Å². The number of ether oxygens (including phenoxy) is 4. The van der Waals surface area contributed by atoms with Crippen LogP contribution in [0.1, 0.15) is 20.3 Å². The number of hydrogen-bond acceptors (Lipinski definition) is 7. The summed E-state index contributed by atoms with van der Waals surface area (Å²) in [6.07, 6.45) is 2.20. The van der Waals surface area contributed by atoms with E-state index in [0.717, 1.165) is 12.5 Å². The van der Waals surface area contributed by atoms with E-state index in [0.29, 0.717) is 47.1 Å². The minimum absolute atomic E-state index is 0.0544. The highest BCUT2D eigenvalue weighted by Crippen LogP contribution is 2.59. The third kappa shape index (κ3) is 5.87. The molecule has 2 fully saturated rings. The molecule has 4 aromatic rings. The Morgan fingerprint density at radius 3 is 2.25 bits per heavy atom. The Hall–Kier alpha value is -4.77. The maximum absolute atomic E-state index is 15.3. The van der Waals surface area contributed by atoms with E-state index < -0.39 is 34.8 Å². The number of carbonyl (C=O) groups excluding carboxylic acids is 2. The van der Waals surface area contributed by atoms with Gasteiger partial charge < -0.3 is 29.6 Å².